The van der Waals surface area contributed by atoms with Crippen LogP contribution in [0, 0.1) is 0 Å². The molecule has 5 heterocycles. The third-order valence-electron chi connectivity index (χ3n) is 8.87. The van der Waals surface area contributed by atoms with Gasteiger partial charge in [-0.05, 0) is 0 Å². The molecular formula is C40H41N8Ni. The van der Waals surface area contributed by atoms with Crippen LogP contribution < -0.4 is 4.53 Å². The molecule has 0 fully saturated rings. The maximum absolute atomic E-state index is 5.36. The van der Waals surface area contributed by atoms with Gasteiger partial charge in [0, 0.05) is 0 Å². The summed E-state index contributed by atoms with van der Waals surface area (Å²) in [5.41, 5.74) is 6.42. The molecule has 0 saturated carbocycles. The van der Waals surface area contributed by atoms with Crippen LogP contribution in [0.5, 0.6) is 0 Å². The molecular weight excluding hydrogens is 651 g/mol. The van der Waals surface area contributed by atoms with Crippen LogP contribution in [0.1, 0.15) is 0 Å². The molecule has 9 heteroatoms. The quantitative estimate of drug-likeness (QED) is 0.166. The van der Waals surface area contributed by atoms with Gasteiger partial charge in [-0.25, -0.2) is 0 Å². The van der Waals surface area contributed by atoms with Crippen LogP contribution in [0.4, 0.5) is 0 Å². The first-order valence-corrected chi connectivity index (χ1v) is 24.0. The van der Waals surface area contributed by atoms with E-state index in [4.69, 9.17) is 29.9 Å². The first-order valence-electron chi connectivity index (χ1n) is 15.6. The average molecular weight is 693 g/mol. The van der Waals surface area contributed by atoms with Gasteiger partial charge in [-0.2, -0.15) is 0 Å². The van der Waals surface area contributed by atoms with E-state index in [0.29, 0.717) is 45.9 Å². The monoisotopic (exact) mass is 691 g/mol. The van der Waals surface area contributed by atoms with Crippen molar-refractivity contribution >= 4 is 48.7 Å². The van der Waals surface area contributed by atoms with Gasteiger partial charge in [0.2, 0.25) is 0 Å². The zero-order valence-corrected chi connectivity index (χ0v) is 30.1. The van der Waals surface area contributed by atoms with E-state index in [1.807, 2.05) is 42.5 Å². The maximum atomic E-state index is 5.36. The summed E-state index contributed by atoms with van der Waals surface area (Å²) in [6, 6.07) is 30.9. The SMILES string of the molecule is [CH3][Ni]([CH3])([CH3])([CH3])([CH3])([CH3])([CH3])([CH3])[c]1cccc2c3nc4nc(nc5[nH]c(nc6nc(nc([nH]3)c12)-c1ccccc1-6)c1ccccc51)-c1ccccc1-4. The number of fused-ring (bicyclic) bond motifs is 20. The summed E-state index contributed by atoms with van der Waals surface area (Å²) in [5, 5.41) is 3.88. The van der Waals surface area contributed by atoms with E-state index in [9.17, 15) is 0 Å². The Hall–Kier alpha value is -5.27. The number of benzene rings is 4. The normalized spacial score (nSPS) is 17.1. The van der Waals surface area contributed by atoms with Crippen LogP contribution in [0.2, 0.25) is 47.1 Å². The van der Waals surface area contributed by atoms with Crippen molar-refractivity contribution < 1.29 is 7.25 Å². The molecule has 8 nitrogen and oxygen atoms in total. The summed E-state index contributed by atoms with van der Waals surface area (Å²) in [5.74, 6) is 21.8. The molecule has 2 aliphatic rings. The van der Waals surface area contributed by atoms with Gasteiger partial charge < -0.3 is 0 Å². The number of hydrogen-bond acceptors (Lipinski definition) is 6. The van der Waals surface area contributed by atoms with E-state index in [1.165, 1.54) is 4.53 Å². The molecule has 49 heavy (non-hydrogen) atoms. The van der Waals surface area contributed by atoms with Crippen molar-refractivity contribution in [1.82, 2.24) is 39.9 Å². The fourth-order valence-electron chi connectivity index (χ4n) is 6.68. The van der Waals surface area contributed by atoms with Crippen molar-refractivity contribution in [2.45, 2.75) is 47.1 Å². The third kappa shape index (κ3) is 4.78. The Morgan fingerprint density at radius 2 is 0.714 bits per heavy atom. The number of aromatic nitrogens is 8. The van der Waals surface area contributed by atoms with Gasteiger partial charge in [-0.3, -0.25) is 0 Å². The number of hydrogen-bond donors (Lipinski definition) is 2. The Labute approximate surface area is 278 Å². The molecule has 4 aromatic carbocycles. The van der Waals surface area contributed by atoms with E-state index in [-0.39, 0.29) is 0 Å². The van der Waals surface area contributed by atoms with Crippen molar-refractivity contribution in [3.8, 4) is 45.6 Å². The molecule has 2 aliphatic heterocycles. The van der Waals surface area contributed by atoms with Crippen molar-refractivity contribution in [3.63, 3.8) is 0 Å². The Morgan fingerprint density at radius 1 is 0.367 bits per heavy atom. The van der Waals surface area contributed by atoms with Crippen molar-refractivity contribution in [1.29, 1.82) is 0 Å². The molecule has 0 amide bonds. The van der Waals surface area contributed by atoms with Gasteiger partial charge in [0.1, 0.15) is 0 Å². The third-order valence-corrected chi connectivity index (χ3v) is 13.5. The number of H-pyrrole nitrogens is 2. The standard InChI is InChI=1S/C32H17N8.8CH3.Ni/c1-2-10-18-17(9-1)25-33-26(18)38-28-21-13-5-6-14-22(21)30(35-28)40-32-24-16-8-7-15-23(24)31(36-32)39-29-20-12-4-3-11-19(20)27(34-29)37-25;;;;;;;;;/h1-15H,(H2,33,34,35,36,37,38,39,40);8*1H3;. The zero-order chi connectivity index (χ0) is 34.4. The Kier molecular flexibility index (Phi) is 4.13. The van der Waals surface area contributed by atoms with Crippen LogP contribution in [-0.4, -0.2) is 39.9 Å². The first-order chi connectivity index (χ1) is 22.5. The second-order valence-electron chi connectivity index (χ2n) is 20.0. The van der Waals surface area contributed by atoms with E-state index in [2.05, 4.69) is 106 Å². The number of nitrogens with zero attached hydrogens (tertiary/aromatic N) is 6. The Bertz CT molecular complexity index is 2890. The van der Waals surface area contributed by atoms with E-state index >= 15 is 0 Å². The molecule has 0 atom stereocenters. The van der Waals surface area contributed by atoms with Gasteiger partial charge in [0.05, 0.1) is 0 Å². The minimum atomic E-state index is -4.69. The fraction of sp³-hybridized carbons (Fsp3) is 0.200. The van der Waals surface area contributed by atoms with Crippen molar-refractivity contribution in [2.75, 3.05) is 0 Å². The number of rotatable bonds is 1. The summed E-state index contributed by atoms with van der Waals surface area (Å²) in [4.78, 5) is 38.2. The molecule has 0 spiro atoms. The molecule has 2 N–H and O–H groups in total. The number of nitrogens with one attached hydrogen (secondary N) is 2. The Balaban J connectivity index is 1.56. The summed E-state index contributed by atoms with van der Waals surface area (Å²) in [6.07, 6.45) is 0. The second kappa shape index (κ2) is 6.79. The van der Waals surface area contributed by atoms with Gasteiger partial charge in [0.25, 0.3) is 0 Å². The van der Waals surface area contributed by atoms with Crippen LogP contribution in [0.3, 0.4) is 0 Å². The zero-order valence-electron chi connectivity index (χ0n) is 29.2. The molecule has 8 bridgehead atoms. The summed E-state index contributed by atoms with van der Waals surface area (Å²) < 4.78 is 1.20. The van der Waals surface area contributed by atoms with Crippen LogP contribution in [0.15, 0.2) is 91.0 Å². The van der Waals surface area contributed by atoms with E-state index in [0.717, 1.165) is 43.8 Å². The molecule has 0 aliphatic carbocycles. The minimum absolute atomic E-state index is 0.591. The van der Waals surface area contributed by atoms with Gasteiger partial charge in [-0.15, -0.1) is 0 Å². The van der Waals surface area contributed by atoms with Gasteiger partial charge in [-0.1, -0.05) is 6.07 Å². The Morgan fingerprint density at radius 3 is 1.14 bits per heavy atom. The molecule has 3 aromatic heterocycles. The predicted octanol–water partition coefficient (Wildman–Crippen LogP) is 10.7. The number of aromatic amines is 2. The summed E-state index contributed by atoms with van der Waals surface area (Å²) in [6.45, 7) is 0. The molecule has 0 radical (unpaired) electrons. The van der Waals surface area contributed by atoms with Crippen LogP contribution in [-0.2, 0) is 7.25 Å². The van der Waals surface area contributed by atoms with Crippen LogP contribution in [0.25, 0.3) is 89.7 Å². The topological polar surface area (TPSA) is 109 Å². The predicted molar refractivity (Wildman–Crippen MR) is 203 cm³/mol. The molecule has 7 aromatic rings. The van der Waals surface area contributed by atoms with E-state index < -0.39 is 7.25 Å². The second-order valence-corrected chi connectivity index (χ2v) is 52.1. The fourth-order valence-corrected chi connectivity index (χ4v) is 10.3. The van der Waals surface area contributed by atoms with E-state index in [1.54, 1.807) is 0 Å². The summed E-state index contributed by atoms with van der Waals surface area (Å²) >= 11 is 0. The first kappa shape index (κ1) is 29.8. The molecule has 251 valence electrons. The molecule has 9 rings (SSSR count). The van der Waals surface area contributed by atoms with Crippen molar-refractivity contribution in [2.24, 2.45) is 0 Å². The van der Waals surface area contributed by atoms with Gasteiger partial charge in [0.15, 0.2) is 0 Å². The summed E-state index contributed by atoms with van der Waals surface area (Å²) in [7, 11) is -4.69. The van der Waals surface area contributed by atoms with Crippen molar-refractivity contribution in [3.05, 3.63) is 91.0 Å². The van der Waals surface area contributed by atoms with Gasteiger partial charge >= 0.3 is 273 Å². The molecule has 0 saturated heterocycles. The van der Waals surface area contributed by atoms with Crippen LogP contribution >= 0.6 is 0 Å². The molecule has 0 unspecified atom stereocenters. The average Bonchev–Trinajstić information content (AvgIpc) is 3.75.